The summed E-state index contributed by atoms with van der Waals surface area (Å²) in [7, 11) is 1.68. The average molecular weight is 271 g/mol. The number of rotatable bonds is 6. The van der Waals surface area contributed by atoms with Crippen LogP contribution in [0.25, 0.3) is 0 Å². The third-order valence-corrected chi connectivity index (χ3v) is 3.41. The van der Waals surface area contributed by atoms with Crippen LogP contribution in [0.3, 0.4) is 0 Å². The monoisotopic (exact) mass is 271 g/mol. The fourth-order valence-corrected chi connectivity index (χ4v) is 2.12. The number of aliphatic imine (C=N–C) groups is 1. The Morgan fingerprint density at radius 3 is 2.94 bits per heavy atom. The molecule has 1 heterocycles. The molecule has 4 N–H and O–H groups in total. The quantitative estimate of drug-likeness (QED) is 0.234. The van der Waals surface area contributed by atoms with Gasteiger partial charge in [0.1, 0.15) is 5.01 Å². The number of nitrogens with zero attached hydrogens (tertiary/aromatic N) is 2. The molecule has 0 atom stereocenters. The first kappa shape index (κ1) is 14.9. The average Bonchev–Trinajstić information content (AvgIpc) is 2.87. The van der Waals surface area contributed by atoms with E-state index in [-0.39, 0.29) is 5.54 Å². The first-order valence-corrected chi connectivity index (χ1v) is 6.66. The van der Waals surface area contributed by atoms with Gasteiger partial charge in [0.15, 0.2) is 0 Å². The molecule has 6 nitrogen and oxygen atoms in total. The predicted octanol–water partition coefficient (Wildman–Crippen LogP) is 0.824. The van der Waals surface area contributed by atoms with Crippen molar-refractivity contribution < 1.29 is 4.74 Å². The van der Waals surface area contributed by atoms with E-state index in [4.69, 9.17) is 10.6 Å². The van der Waals surface area contributed by atoms with E-state index < -0.39 is 0 Å². The maximum absolute atomic E-state index is 5.46. The van der Waals surface area contributed by atoms with Crippen LogP contribution in [-0.2, 0) is 10.3 Å². The van der Waals surface area contributed by atoms with Crippen molar-refractivity contribution in [1.29, 1.82) is 0 Å². The van der Waals surface area contributed by atoms with Gasteiger partial charge < -0.3 is 10.1 Å². The lowest BCUT2D eigenvalue weighted by Gasteiger charge is -2.25. The summed E-state index contributed by atoms with van der Waals surface area (Å²) < 4.78 is 4.97. The molecule has 0 amide bonds. The molecule has 0 bridgehead atoms. The van der Waals surface area contributed by atoms with Crippen LogP contribution < -0.4 is 16.6 Å². The summed E-state index contributed by atoms with van der Waals surface area (Å²) >= 11 is 1.60. The van der Waals surface area contributed by atoms with Crippen molar-refractivity contribution in [3.63, 3.8) is 0 Å². The highest BCUT2D eigenvalue weighted by Gasteiger charge is 2.24. The Kier molecular flexibility index (Phi) is 6.03. The van der Waals surface area contributed by atoms with Crippen LogP contribution in [0.1, 0.15) is 25.3 Å². The number of hydrogen-bond acceptors (Lipinski definition) is 5. The molecular weight excluding hydrogens is 250 g/mol. The minimum atomic E-state index is -0.305. The summed E-state index contributed by atoms with van der Waals surface area (Å²) in [5.74, 6) is 6.02. The Morgan fingerprint density at radius 1 is 1.61 bits per heavy atom. The molecule has 0 aliphatic carbocycles. The van der Waals surface area contributed by atoms with E-state index >= 15 is 0 Å². The van der Waals surface area contributed by atoms with Crippen LogP contribution in [0.5, 0.6) is 0 Å². The molecule has 18 heavy (non-hydrogen) atoms. The molecule has 0 saturated carbocycles. The lowest BCUT2D eigenvalue weighted by Crippen LogP contribution is -2.50. The maximum Gasteiger partial charge on any atom is 0.206 e. The predicted molar refractivity (Wildman–Crippen MR) is 74.4 cm³/mol. The third kappa shape index (κ3) is 4.59. The van der Waals surface area contributed by atoms with Gasteiger partial charge >= 0.3 is 0 Å². The zero-order valence-corrected chi connectivity index (χ0v) is 11.9. The number of hydrogen-bond donors (Lipinski definition) is 3. The van der Waals surface area contributed by atoms with Gasteiger partial charge in [-0.15, -0.1) is 11.3 Å². The molecule has 7 heteroatoms. The zero-order chi connectivity index (χ0) is 13.4. The van der Waals surface area contributed by atoms with Crippen LogP contribution in [0.2, 0.25) is 0 Å². The van der Waals surface area contributed by atoms with Crippen molar-refractivity contribution >= 4 is 17.3 Å². The molecule has 0 aromatic carbocycles. The number of nitrogens with one attached hydrogen (secondary N) is 2. The van der Waals surface area contributed by atoms with Crippen molar-refractivity contribution in [3.8, 4) is 0 Å². The topological polar surface area (TPSA) is 84.6 Å². The second-order valence-corrected chi connectivity index (χ2v) is 5.20. The molecule has 0 aliphatic heterocycles. The molecule has 102 valence electrons. The molecule has 0 spiro atoms. The highest BCUT2D eigenvalue weighted by molar-refractivity contribution is 7.09. The number of guanidine groups is 1. The second-order valence-electron chi connectivity index (χ2n) is 4.31. The Morgan fingerprint density at radius 2 is 2.39 bits per heavy atom. The normalized spacial score (nSPS) is 12.6. The minimum absolute atomic E-state index is 0.305. The van der Waals surface area contributed by atoms with E-state index in [0.717, 1.165) is 11.4 Å². The summed E-state index contributed by atoms with van der Waals surface area (Å²) in [6.45, 7) is 5.42. The lowest BCUT2D eigenvalue weighted by atomic mass is 10.1. The molecule has 1 aromatic heterocycles. The molecule has 1 rings (SSSR count). The third-order valence-electron chi connectivity index (χ3n) is 2.31. The first-order chi connectivity index (χ1) is 8.60. The number of hydrazine groups is 1. The standard InChI is InChI=1S/C11H21N5OS/c1-11(2,9-13-6-8-18-9)15-10(16-12)14-5-4-7-17-3/h6,8H,4-5,7,12H2,1-3H3,(H2,14,15,16). The smallest absolute Gasteiger partial charge is 0.206 e. The van der Waals surface area contributed by atoms with Crippen molar-refractivity contribution in [2.24, 2.45) is 10.8 Å². The van der Waals surface area contributed by atoms with E-state index in [1.165, 1.54) is 0 Å². The summed E-state index contributed by atoms with van der Waals surface area (Å²) in [6.07, 6.45) is 2.65. The first-order valence-electron chi connectivity index (χ1n) is 5.78. The van der Waals surface area contributed by atoms with E-state index in [1.807, 2.05) is 19.2 Å². The Labute approximate surface area is 112 Å². The van der Waals surface area contributed by atoms with Gasteiger partial charge in [-0.3, -0.25) is 10.4 Å². The van der Waals surface area contributed by atoms with Crippen molar-refractivity contribution in [3.05, 3.63) is 16.6 Å². The van der Waals surface area contributed by atoms with E-state index in [1.54, 1.807) is 24.6 Å². The number of methoxy groups -OCH3 is 1. The van der Waals surface area contributed by atoms with Gasteiger partial charge in [-0.25, -0.2) is 10.8 Å². The zero-order valence-electron chi connectivity index (χ0n) is 11.1. The van der Waals surface area contributed by atoms with E-state index in [9.17, 15) is 0 Å². The summed E-state index contributed by atoms with van der Waals surface area (Å²) in [5.41, 5.74) is 2.27. The van der Waals surface area contributed by atoms with Crippen LogP contribution in [-0.4, -0.2) is 31.2 Å². The lowest BCUT2D eigenvalue weighted by molar-refractivity contribution is 0.197. The van der Waals surface area contributed by atoms with Crippen molar-refractivity contribution in [2.45, 2.75) is 25.8 Å². The second kappa shape index (κ2) is 7.30. The van der Waals surface area contributed by atoms with Gasteiger partial charge in [-0.2, -0.15) is 0 Å². The van der Waals surface area contributed by atoms with Gasteiger partial charge in [0.25, 0.3) is 0 Å². The molecule has 0 radical (unpaired) electrons. The van der Waals surface area contributed by atoms with Crippen LogP contribution in [0.15, 0.2) is 16.6 Å². The van der Waals surface area contributed by atoms with E-state index in [2.05, 4.69) is 20.7 Å². The van der Waals surface area contributed by atoms with Gasteiger partial charge in [0, 0.05) is 31.8 Å². The minimum Gasteiger partial charge on any atom is -0.385 e. The molecular formula is C11H21N5OS. The number of aromatic nitrogens is 1. The molecule has 0 saturated heterocycles. The van der Waals surface area contributed by atoms with Gasteiger partial charge in [-0.05, 0) is 20.3 Å². The highest BCUT2D eigenvalue weighted by atomic mass is 32.1. The summed E-state index contributed by atoms with van der Waals surface area (Å²) in [6, 6.07) is 0. The number of ether oxygens (including phenoxy) is 1. The highest BCUT2D eigenvalue weighted by Crippen LogP contribution is 2.21. The van der Waals surface area contributed by atoms with Gasteiger partial charge in [0.05, 0.1) is 5.54 Å². The van der Waals surface area contributed by atoms with E-state index in [0.29, 0.717) is 19.1 Å². The number of nitrogens with two attached hydrogens (primary N) is 1. The number of thiazole rings is 1. The summed E-state index contributed by atoms with van der Waals surface area (Å²) in [4.78, 5) is 8.64. The van der Waals surface area contributed by atoms with Crippen LogP contribution >= 0.6 is 11.3 Å². The Hall–Kier alpha value is -1.18. The SMILES string of the molecule is COCCCN=C(NN)NC(C)(C)c1nccs1. The largest absolute Gasteiger partial charge is 0.385 e. The molecule has 0 aliphatic rings. The molecule has 1 aromatic rings. The maximum atomic E-state index is 5.46. The fourth-order valence-electron chi connectivity index (χ4n) is 1.40. The molecule has 0 unspecified atom stereocenters. The molecule has 0 fully saturated rings. The van der Waals surface area contributed by atoms with Crippen molar-refractivity contribution in [2.75, 3.05) is 20.3 Å². The van der Waals surface area contributed by atoms with Gasteiger partial charge in [-0.1, -0.05) is 0 Å². The Bertz CT molecular complexity index is 364. The summed E-state index contributed by atoms with van der Waals surface area (Å²) in [5, 5.41) is 6.18. The van der Waals surface area contributed by atoms with Crippen molar-refractivity contribution in [1.82, 2.24) is 15.7 Å². The van der Waals surface area contributed by atoms with Gasteiger partial charge in [0.2, 0.25) is 5.96 Å². The van der Waals surface area contributed by atoms with Crippen LogP contribution in [0.4, 0.5) is 0 Å². The van der Waals surface area contributed by atoms with Crippen LogP contribution in [0, 0.1) is 0 Å². The fraction of sp³-hybridized carbons (Fsp3) is 0.636. The Balaban J connectivity index is 2.56.